The van der Waals surface area contributed by atoms with Gasteiger partial charge in [-0.2, -0.15) is 0 Å². The Kier molecular flexibility index (Phi) is 11.7. The van der Waals surface area contributed by atoms with Gasteiger partial charge in [-0.15, -0.1) is 11.6 Å². The normalized spacial score (nSPS) is 13.8. The Balaban J connectivity index is 1.93. The van der Waals surface area contributed by atoms with Gasteiger partial charge in [0.25, 0.3) is 0 Å². The molecule has 2 atom stereocenters. The molecule has 2 unspecified atom stereocenters. The molecule has 4 heteroatoms. The molecule has 0 radical (unpaired) electrons. The van der Waals surface area contributed by atoms with Crippen LogP contribution in [0.15, 0.2) is 48.5 Å². The van der Waals surface area contributed by atoms with E-state index in [9.17, 15) is 5.11 Å². The zero-order valence-electron chi connectivity index (χ0n) is 21.3. The van der Waals surface area contributed by atoms with Gasteiger partial charge in [0.1, 0.15) is 18.5 Å². The highest BCUT2D eigenvalue weighted by Gasteiger charge is 2.23. The van der Waals surface area contributed by atoms with Gasteiger partial charge in [0.05, 0.1) is 0 Å². The molecule has 2 aromatic rings. The lowest BCUT2D eigenvalue weighted by atomic mass is 9.78. The van der Waals surface area contributed by atoms with Crippen molar-refractivity contribution in [1.29, 1.82) is 0 Å². The molecule has 0 aliphatic heterocycles. The van der Waals surface area contributed by atoms with Crippen molar-refractivity contribution in [1.82, 2.24) is 4.90 Å². The van der Waals surface area contributed by atoms with Crippen LogP contribution in [0.4, 0.5) is 0 Å². The van der Waals surface area contributed by atoms with E-state index in [1.165, 1.54) is 16.7 Å². The Morgan fingerprint density at radius 1 is 0.939 bits per heavy atom. The smallest absolute Gasteiger partial charge is 0.119 e. The van der Waals surface area contributed by atoms with Crippen molar-refractivity contribution < 1.29 is 9.84 Å². The number of rotatable bonds is 15. The summed E-state index contributed by atoms with van der Waals surface area (Å²) >= 11 is 5.94. The summed E-state index contributed by atoms with van der Waals surface area (Å²) in [4.78, 5) is 2.31. The molecule has 33 heavy (non-hydrogen) atoms. The van der Waals surface area contributed by atoms with Crippen LogP contribution in [-0.4, -0.2) is 48.2 Å². The fourth-order valence-electron chi connectivity index (χ4n) is 4.18. The second-order valence-corrected chi connectivity index (χ2v) is 10.2. The van der Waals surface area contributed by atoms with Crippen LogP contribution in [0.1, 0.15) is 70.6 Å². The van der Waals surface area contributed by atoms with Gasteiger partial charge >= 0.3 is 0 Å². The highest BCUT2D eigenvalue weighted by atomic mass is 35.5. The van der Waals surface area contributed by atoms with Crippen molar-refractivity contribution in [2.75, 3.05) is 32.1 Å². The monoisotopic (exact) mass is 473 g/mol. The number of aliphatic hydroxyl groups excluding tert-OH is 1. The first-order valence-electron chi connectivity index (χ1n) is 12.6. The van der Waals surface area contributed by atoms with E-state index in [-0.39, 0.29) is 5.41 Å². The number of hydrogen-bond acceptors (Lipinski definition) is 3. The van der Waals surface area contributed by atoms with Crippen LogP contribution in [0.2, 0.25) is 0 Å². The molecule has 184 valence electrons. The number of nitrogens with zero attached hydrogens (tertiary/aromatic N) is 1. The fraction of sp³-hybridized carbons (Fsp3) is 0.586. The van der Waals surface area contributed by atoms with Crippen molar-refractivity contribution in [2.45, 2.75) is 71.8 Å². The summed E-state index contributed by atoms with van der Waals surface area (Å²) in [6.45, 7) is 14.1. The fourth-order valence-corrected chi connectivity index (χ4v) is 4.34. The van der Waals surface area contributed by atoms with Crippen molar-refractivity contribution >= 4 is 11.6 Å². The third-order valence-electron chi connectivity index (χ3n) is 6.43. The molecule has 0 amide bonds. The summed E-state index contributed by atoms with van der Waals surface area (Å²) in [5.74, 6) is 2.08. The molecule has 3 nitrogen and oxygen atoms in total. The van der Waals surface area contributed by atoms with E-state index in [1.807, 2.05) is 12.1 Å². The second-order valence-electron chi connectivity index (χ2n) is 9.91. The van der Waals surface area contributed by atoms with Crippen LogP contribution >= 0.6 is 11.6 Å². The second kappa shape index (κ2) is 14.0. The molecular formula is C29H44ClNO2. The maximum atomic E-state index is 10.4. The predicted molar refractivity (Wildman–Crippen MR) is 142 cm³/mol. The molecule has 0 spiro atoms. The SMILES string of the molecule is CCCN(CCC)CC(O)COc1ccc(C(C)(C)c2ccc(CCC(C)CCl)cc2)cc1. The van der Waals surface area contributed by atoms with Crippen molar-refractivity contribution in [2.24, 2.45) is 5.92 Å². The molecule has 0 saturated carbocycles. The largest absolute Gasteiger partial charge is 0.491 e. The quantitative estimate of drug-likeness (QED) is 0.293. The third kappa shape index (κ3) is 8.96. The summed E-state index contributed by atoms with van der Waals surface area (Å²) in [5, 5.41) is 10.4. The van der Waals surface area contributed by atoms with Crippen LogP contribution in [0.25, 0.3) is 0 Å². The van der Waals surface area contributed by atoms with E-state index >= 15 is 0 Å². The molecule has 0 aromatic heterocycles. The van der Waals surface area contributed by atoms with E-state index in [0.29, 0.717) is 19.1 Å². The highest BCUT2D eigenvalue weighted by Crippen LogP contribution is 2.32. The molecule has 2 aromatic carbocycles. The lowest BCUT2D eigenvalue weighted by Gasteiger charge is -2.27. The Hall–Kier alpha value is -1.55. The third-order valence-corrected chi connectivity index (χ3v) is 6.96. The maximum absolute atomic E-state index is 10.4. The lowest BCUT2D eigenvalue weighted by molar-refractivity contribution is 0.0681. The van der Waals surface area contributed by atoms with Gasteiger partial charge in [0, 0.05) is 17.8 Å². The zero-order valence-corrected chi connectivity index (χ0v) is 22.1. The van der Waals surface area contributed by atoms with Crippen LogP contribution < -0.4 is 4.74 Å². The Morgan fingerprint density at radius 2 is 1.48 bits per heavy atom. The maximum Gasteiger partial charge on any atom is 0.119 e. The first-order valence-corrected chi connectivity index (χ1v) is 13.1. The van der Waals surface area contributed by atoms with Gasteiger partial charge in [0.15, 0.2) is 0 Å². The van der Waals surface area contributed by atoms with E-state index < -0.39 is 6.10 Å². The lowest BCUT2D eigenvalue weighted by Crippen LogP contribution is -2.36. The summed E-state index contributed by atoms with van der Waals surface area (Å²) in [6.07, 6.45) is 3.91. The van der Waals surface area contributed by atoms with E-state index in [4.69, 9.17) is 16.3 Å². The van der Waals surface area contributed by atoms with Crippen LogP contribution in [-0.2, 0) is 11.8 Å². The minimum absolute atomic E-state index is 0.0964. The molecule has 0 fully saturated rings. The van der Waals surface area contributed by atoms with E-state index in [2.05, 4.69) is 75.9 Å². The first kappa shape index (κ1) is 27.7. The van der Waals surface area contributed by atoms with Gasteiger partial charge in [0.2, 0.25) is 0 Å². The van der Waals surface area contributed by atoms with Crippen molar-refractivity contribution in [3.8, 4) is 5.75 Å². The number of halogens is 1. The molecule has 2 rings (SSSR count). The van der Waals surface area contributed by atoms with Crippen molar-refractivity contribution in [3.63, 3.8) is 0 Å². The van der Waals surface area contributed by atoms with Gasteiger partial charge in [-0.1, -0.05) is 71.0 Å². The standard InChI is InChI=1S/C29H44ClNO2/c1-6-18-31(19-7-2)21-27(32)22-33-28-16-14-26(15-17-28)29(4,5)25-12-10-24(11-13-25)9-8-23(3)20-30/h10-17,23,27,32H,6-9,18-22H2,1-5H3. The number of alkyl halides is 1. The number of aliphatic hydroxyl groups is 1. The molecule has 0 saturated heterocycles. The van der Waals surface area contributed by atoms with Gasteiger partial charge in [-0.25, -0.2) is 0 Å². The zero-order chi connectivity index (χ0) is 24.3. The average molecular weight is 474 g/mol. The molecular weight excluding hydrogens is 430 g/mol. The molecule has 0 heterocycles. The summed E-state index contributed by atoms with van der Waals surface area (Å²) in [7, 11) is 0. The Morgan fingerprint density at radius 3 is 2.00 bits per heavy atom. The summed E-state index contributed by atoms with van der Waals surface area (Å²) in [6, 6.07) is 17.3. The van der Waals surface area contributed by atoms with E-state index in [1.54, 1.807) is 0 Å². The van der Waals surface area contributed by atoms with Gasteiger partial charge in [-0.3, -0.25) is 0 Å². The topological polar surface area (TPSA) is 32.7 Å². The van der Waals surface area contributed by atoms with Crippen LogP contribution in [0.3, 0.4) is 0 Å². The van der Waals surface area contributed by atoms with E-state index in [0.717, 1.165) is 50.4 Å². The number of aryl methyl sites for hydroxylation is 1. The van der Waals surface area contributed by atoms with Crippen molar-refractivity contribution in [3.05, 3.63) is 65.2 Å². The summed E-state index contributed by atoms with van der Waals surface area (Å²) < 4.78 is 5.88. The first-order chi connectivity index (χ1) is 15.8. The summed E-state index contributed by atoms with van der Waals surface area (Å²) in [5.41, 5.74) is 3.81. The van der Waals surface area contributed by atoms with Crippen LogP contribution in [0.5, 0.6) is 5.75 Å². The minimum Gasteiger partial charge on any atom is -0.491 e. The molecule has 0 aliphatic rings. The average Bonchev–Trinajstić information content (AvgIpc) is 2.82. The Labute approximate surface area is 207 Å². The van der Waals surface area contributed by atoms with Gasteiger partial charge < -0.3 is 14.7 Å². The molecule has 1 N–H and O–H groups in total. The minimum atomic E-state index is -0.481. The van der Waals surface area contributed by atoms with Crippen LogP contribution in [0, 0.1) is 5.92 Å². The number of ether oxygens (including phenoxy) is 1. The highest BCUT2D eigenvalue weighted by molar-refractivity contribution is 6.18. The number of benzene rings is 2. The predicted octanol–water partition coefficient (Wildman–Crippen LogP) is 6.68. The Bertz CT molecular complexity index is 782. The molecule has 0 aliphatic carbocycles. The van der Waals surface area contributed by atoms with Gasteiger partial charge in [-0.05, 0) is 73.5 Å². The number of hydrogen-bond donors (Lipinski definition) is 1. The molecule has 0 bridgehead atoms.